The molecule has 0 spiro atoms. The van der Waals surface area contributed by atoms with Gasteiger partial charge in [0, 0.05) is 52.5 Å². The second-order valence-corrected chi connectivity index (χ2v) is 36.5. The first kappa shape index (κ1) is 62.9. The molecule has 0 bridgehead atoms. The van der Waals surface area contributed by atoms with Gasteiger partial charge < -0.3 is 8.85 Å². The smallest absolute Gasteiger partial charge is 0.192 e. The Morgan fingerprint density at radius 2 is 1.03 bits per heavy atom. The van der Waals surface area contributed by atoms with Crippen LogP contribution >= 0.6 is 36.1 Å². The Kier molecular flexibility index (Phi) is 26.6. The lowest BCUT2D eigenvalue weighted by atomic mass is 9.61. The molecule has 2 aromatic carbocycles. The summed E-state index contributed by atoms with van der Waals surface area (Å²) in [4.78, 5) is 1.68. The quantitative estimate of drug-likeness (QED) is 0.0846. The summed E-state index contributed by atoms with van der Waals surface area (Å²) in [6, 6.07) is 26.8. The van der Waals surface area contributed by atoms with Crippen LogP contribution in [0.3, 0.4) is 0 Å². The third-order valence-corrected chi connectivity index (χ3v) is 33.3. The van der Waals surface area contributed by atoms with Gasteiger partial charge in [-0.25, -0.2) is 17.1 Å². The van der Waals surface area contributed by atoms with Gasteiger partial charge in [-0.05, 0) is 165 Å². The van der Waals surface area contributed by atoms with E-state index in [0.29, 0.717) is 46.5 Å². The molecule has 0 N–H and O–H groups in total. The van der Waals surface area contributed by atoms with Crippen LogP contribution in [0.5, 0.6) is 0 Å². The fourth-order valence-corrected chi connectivity index (χ4v) is 22.7. The Bertz CT molecular complexity index is 1950. The van der Waals surface area contributed by atoms with Gasteiger partial charge in [0.2, 0.25) is 0 Å². The van der Waals surface area contributed by atoms with Gasteiger partial charge in [-0.3, -0.25) is 0 Å². The summed E-state index contributed by atoms with van der Waals surface area (Å²) in [6.07, 6.45) is 17.2. The molecule has 0 saturated heterocycles. The summed E-state index contributed by atoms with van der Waals surface area (Å²) in [5.74, 6) is 5.30. The van der Waals surface area contributed by atoms with Crippen LogP contribution in [0.25, 0.3) is 0 Å². The van der Waals surface area contributed by atoms with Gasteiger partial charge in [0.25, 0.3) is 0 Å². The van der Waals surface area contributed by atoms with Crippen molar-refractivity contribution in [3.8, 4) is 0 Å². The second-order valence-electron chi connectivity index (χ2n) is 21.2. The molecule has 0 aliphatic heterocycles. The first-order chi connectivity index (χ1) is 30.9. The molecule has 2 unspecified atom stereocenters. The minimum atomic E-state index is -2.32. The SMILES string of the molecule is C.CC[Si](CC)(CC)O[C@H]1CCC[C@]2(C)[C@@H]([C@H](C)CCS(=O)(=NC)c3ccccc3)CC[C@@H]12.CC[Si](CC)(CC)O[C@H]1CCC[C@]2(C)[C@@H]([C@H](C)CI)CC[C@@H]12.CN=S(C)(=O)c1ccccc1.S. The zero-order valence-electron chi connectivity index (χ0n) is 44.0. The lowest BCUT2D eigenvalue weighted by molar-refractivity contribution is -0.0196. The number of hydrogen-bond acceptors (Lipinski definition) is 6. The van der Waals surface area contributed by atoms with Crippen LogP contribution in [-0.4, -0.2) is 67.8 Å². The van der Waals surface area contributed by atoms with Crippen LogP contribution in [0.2, 0.25) is 36.3 Å². The molecular weight excluding hydrogens is 1030 g/mol. The number of nitrogens with zero attached hydrogens (tertiary/aromatic N) is 2. The van der Waals surface area contributed by atoms with E-state index in [0.717, 1.165) is 34.0 Å². The molecule has 4 aliphatic rings. The minimum absolute atomic E-state index is 0. The lowest BCUT2D eigenvalue weighted by Gasteiger charge is -2.49. The minimum Gasteiger partial charge on any atom is -0.414 e. The second kappa shape index (κ2) is 28.3. The summed E-state index contributed by atoms with van der Waals surface area (Å²) < 4.78 is 48.8. The van der Waals surface area contributed by atoms with Crippen molar-refractivity contribution in [2.24, 2.45) is 55.1 Å². The summed E-state index contributed by atoms with van der Waals surface area (Å²) in [5.41, 5.74) is 0.928. The first-order valence-corrected chi connectivity index (χ1v) is 36.3. The third-order valence-electron chi connectivity index (χ3n) is 18.3. The lowest BCUT2D eigenvalue weighted by Crippen LogP contribution is -2.48. The van der Waals surface area contributed by atoms with Crippen LogP contribution in [0.4, 0.5) is 0 Å². The van der Waals surface area contributed by atoms with Crippen molar-refractivity contribution in [3.63, 3.8) is 0 Å². The van der Waals surface area contributed by atoms with E-state index < -0.39 is 36.1 Å². The van der Waals surface area contributed by atoms with Gasteiger partial charge in [-0.1, -0.05) is 148 Å². The van der Waals surface area contributed by atoms with E-state index >= 15 is 0 Å². The molecule has 4 saturated carbocycles. The molecule has 388 valence electrons. The highest BCUT2D eigenvalue weighted by atomic mass is 127. The predicted octanol–water partition coefficient (Wildman–Crippen LogP) is 17.0. The van der Waals surface area contributed by atoms with Crippen LogP contribution in [0.1, 0.15) is 147 Å². The number of rotatable bonds is 18. The molecule has 12 atom stereocenters. The van der Waals surface area contributed by atoms with Gasteiger partial charge in [0.05, 0.1) is 19.5 Å². The Labute approximate surface area is 437 Å². The monoisotopic (exact) mass is 1130 g/mol. The zero-order chi connectivity index (χ0) is 48.1. The maximum absolute atomic E-state index is 13.6. The zero-order valence-corrected chi connectivity index (χ0v) is 50.8. The topological polar surface area (TPSA) is 77.3 Å². The highest BCUT2D eigenvalue weighted by Gasteiger charge is 2.55. The molecule has 4 fully saturated rings. The van der Waals surface area contributed by atoms with Crippen molar-refractivity contribution in [1.82, 2.24) is 0 Å². The van der Waals surface area contributed by atoms with E-state index in [9.17, 15) is 8.42 Å². The molecule has 12 heteroatoms. The number of halogens is 1. The highest BCUT2D eigenvalue weighted by Crippen LogP contribution is 2.60. The van der Waals surface area contributed by atoms with Crippen LogP contribution in [0, 0.1) is 46.3 Å². The Balaban J connectivity index is 0.000000381. The summed E-state index contributed by atoms with van der Waals surface area (Å²) >= 11 is 2.59. The van der Waals surface area contributed by atoms with Crippen molar-refractivity contribution >= 4 is 72.2 Å². The van der Waals surface area contributed by atoms with Crippen molar-refractivity contribution in [1.29, 1.82) is 0 Å². The summed E-state index contributed by atoms with van der Waals surface area (Å²) in [6.45, 7) is 24.2. The summed E-state index contributed by atoms with van der Waals surface area (Å²) in [5, 5.41) is 0. The van der Waals surface area contributed by atoms with E-state index in [1.165, 1.54) is 105 Å². The number of benzene rings is 2. The number of hydrogen-bond donors (Lipinski definition) is 0. The molecule has 6 rings (SSSR count). The van der Waals surface area contributed by atoms with Crippen LogP contribution in [0.15, 0.2) is 79.2 Å². The normalized spacial score (nSPS) is 29.5. The van der Waals surface area contributed by atoms with E-state index in [-0.39, 0.29) is 20.9 Å². The maximum atomic E-state index is 13.6. The van der Waals surface area contributed by atoms with Crippen molar-refractivity contribution in [2.75, 3.05) is 30.5 Å². The summed E-state index contributed by atoms with van der Waals surface area (Å²) in [7, 11) is -4.18. The molecular formula is C55H101IN2O4S3Si2. The van der Waals surface area contributed by atoms with Crippen molar-refractivity contribution in [3.05, 3.63) is 60.7 Å². The van der Waals surface area contributed by atoms with Crippen LogP contribution < -0.4 is 0 Å². The average Bonchev–Trinajstić information content (AvgIpc) is 3.90. The molecule has 2 aromatic rings. The van der Waals surface area contributed by atoms with Gasteiger partial charge in [0.15, 0.2) is 16.6 Å². The van der Waals surface area contributed by atoms with E-state index in [1.807, 2.05) is 60.7 Å². The fourth-order valence-electron chi connectivity index (χ4n) is 13.5. The Hall–Kier alpha value is -0.226. The Morgan fingerprint density at radius 3 is 1.39 bits per heavy atom. The van der Waals surface area contributed by atoms with E-state index in [1.54, 1.807) is 20.4 Å². The molecule has 0 radical (unpaired) electrons. The van der Waals surface area contributed by atoms with Gasteiger partial charge in [0.1, 0.15) is 0 Å². The third kappa shape index (κ3) is 14.9. The molecule has 4 aliphatic carbocycles. The van der Waals surface area contributed by atoms with Gasteiger partial charge in [-0.2, -0.15) is 13.5 Å². The van der Waals surface area contributed by atoms with Crippen molar-refractivity contribution < 1.29 is 17.3 Å². The van der Waals surface area contributed by atoms with Crippen LogP contribution in [-0.2, 0) is 28.3 Å². The molecule has 0 amide bonds. The van der Waals surface area contributed by atoms with E-state index in [2.05, 4.69) is 101 Å². The van der Waals surface area contributed by atoms with Crippen molar-refractivity contribution in [2.45, 2.75) is 206 Å². The number of fused-ring (bicyclic) bond motifs is 2. The van der Waals surface area contributed by atoms with E-state index in [4.69, 9.17) is 8.85 Å². The predicted molar refractivity (Wildman–Crippen MR) is 313 cm³/mol. The largest absolute Gasteiger partial charge is 0.414 e. The maximum Gasteiger partial charge on any atom is 0.192 e. The van der Waals surface area contributed by atoms with Gasteiger partial charge >= 0.3 is 0 Å². The molecule has 0 aromatic heterocycles. The molecule has 0 heterocycles. The average molecular weight is 1130 g/mol. The Morgan fingerprint density at radius 1 is 0.642 bits per heavy atom. The number of alkyl halides is 1. The standard InChI is InChI=1S/C27H47NO2SSi.C19H37IOSi.C8H11NOS.CH4.H2S/c1-7-32(8-2,9-3)30-26-16-13-20-27(5)24(17-18-25(26)27)22(4)19-21-31(29,28-6)23-14-11-10-12-15-23;1-6-22(7-2,8-3)21-18-10-9-13-19(5)16(15(4)14-20)11-12-17(18)19;1-9-11(2,10)8-6-4-3-5-7-8;;/h10-12,14-15,22,24-26H,7-9,13,16-21H2,1-6H3;15-18H,6-14H2,1-5H3;3-7H,1-2H3;1H4;1H2/t22-,24-,25+,26+,27-,31?;15-,16-,17+,18+,19-;;;/m11.../s1. The molecule has 6 nitrogen and oxygen atoms in total. The first-order valence-electron chi connectivity index (χ1n) is 26.1. The molecule has 67 heavy (non-hydrogen) atoms. The fraction of sp³-hybridized carbons (Fsp3) is 0.782. The van der Waals surface area contributed by atoms with Gasteiger partial charge in [-0.15, -0.1) is 0 Å². The highest BCUT2D eigenvalue weighted by molar-refractivity contribution is 14.1.